The Kier molecular flexibility index (Phi) is 6.46. The maximum atomic E-state index is 12.7. The van der Waals surface area contributed by atoms with Crippen molar-refractivity contribution in [3.05, 3.63) is 29.3 Å². The maximum absolute atomic E-state index is 12.7. The summed E-state index contributed by atoms with van der Waals surface area (Å²) in [6.07, 6.45) is 0.655. The Morgan fingerprint density at radius 3 is 2.62 bits per heavy atom. The molecule has 0 saturated heterocycles. The van der Waals surface area contributed by atoms with Crippen molar-refractivity contribution in [3.8, 4) is 0 Å². The molecular weight excluding hydrogens is 336 g/mol. The van der Waals surface area contributed by atoms with Crippen LogP contribution in [0, 0.1) is 0 Å². The second-order valence-electron chi connectivity index (χ2n) is 6.15. The zero-order chi connectivity index (χ0) is 19.3. The minimum absolute atomic E-state index is 0.0542. The van der Waals surface area contributed by atoms with Crippen LogP contribution in [0.15, 0.2) is 18.2 Å². The molecular formula is C18H24N4O4. The van der Waals surface area contributed by atoms with E-state index < -0.39 is 11.9 Å². The molecule has 3 N–H and O–H groups in total. The van der Waals surface area contributed by atoms with E-state index >= 15 is 0 Å². The number of rotatable bonds is 9. The summed E-state index contributed by atoms with van der Waals surface area (Å²) in [5.74, 6) is -1.16. The summed E-state index contributed by atoms with van der Waals surface area (Å²) >= 11 is 0. The molecule has 140 valence electrons. The number of nitrogens with one attached hydrogen (secondary N) is 1. The first-order valence-corrected chi connectivity index (χ1v) is 8.64. The van der Waals surface area contributed by atoms with Gasteiger partial charge in [0.1, 0.15) is 0 Å². The highest BCUT2D eigenvalue weighted by Crippen LogP contribution is 2.29. The molecule has 1 aliphatic rings. The lowest BCUT2D eigenvalue weighted by atomic mass is 10.1. The highest BCUT2D eigenvalue weighted by Gasteiger charge is 2.38. The first-order chi connectivity index (χ1) is 12.4. The Balaban J connectivity index is 2.18. The van der Waals surface area contributed by atoms with Crippen LogP contribution in [-0.4, -0.2) is 54.7 Å². The van der Waals surface area contributed by atoms with Crippen molar-refractivity contribution in [1.82, 2.24) is 10.2 Å². The molecule has 0 radical (unpaired) electrons. The minimum atomic E-state index is -0.449. The Labute approximate surface area is 152 Å². The molecule has 1 atom stereocenters. The second kappa shape index (κ2) is 8.57. The fourth-order valence-corrected chi connectivity index (χ4v) is 3.08. The van der Waals surface area contributed by atoms with E-state index in [-0.39, 0.29) is 24.7 Å². The molecule has 1 aliphatic heterocycles. The maximum Gasteiger partial charge on any atom is 0.261 e. The van der Waals surface area contributed by atoms with E-state index in [1.165, 1.54) is 4.90 Å². The molecule has 0 bridgehead atoms. The SMILES string of the molecule is CCN(CCN)c1ccc2c(c1)C(=O)N(C(C)CCC(=O)NC=O)C2=O. The van der Waals surface area contributed by atoms with Gasteiger partial charge in [-0.2, -0.15) is 0 Å². The third kappa shape index (κ3) is 3.91. The van der Waals surface area contributed by atoms with Crippen LogP contribution < -0.4 is 16.0 Å². The smallest absolute Gasteiger partial charge is 0.261 e. The summed E-state index contributed by atoms with van der Waals surface area (Å²) in [7, 11) is 0. The first-order valence-electron chi connectivity index (χ1n) is 8.64. The Bertz CT molecular complexity index is 719. The lowest BCUT2D eigenvalue weighted by molar-refractivity contribution is -0.125. The summed E-state index contributed by atoms with van der Waals surface area (Å²) in [6.45, 7) is 5.59. The van der Waals surface area contributed by atoms with Crippen LogP contribution in [0.2, 0.25) is 0 Å². The van der Waals surface area contributed by atoms with Gasteiger partial charge in [0.15, 0.2) is 0 Å². The van der Waals surface area contributed by atoms with Crippen LogP contribution in [0.25, 0.3) is 0 Å². The van der Waals surface area contributed by atoms with Crippen molar-refractivity contribution < 1.29 is 19.2 Å². The van der Waals surface area contributed by atoms with Crippen molar-refractivity contribution in [2.24, 2.45) is 5.73 Å². The van der Waals surface area contributed by atoms with E-state index in [9.17, 15) is 19.2 Å². The summed E-state index contributed by atoms with van der Waals surface area (Å²) in [4.78, 5) is 50.2. The number of likely N-dealkylation sites (N-methyl/N-ethyl adjacent to an activating group) is 1. The van der Waals surface area contributed by atoms with E-state index in [1.807, 2.05) is 23.2 Å². The number of carbonyl (C=O) groups excluding carboxylic acids is 4. The number of nitrogens with two attached hydrogens (primary N) is 1. The quantitative estimate of drug-likeness (QED) is 0.490. The number of anilines is 1. The van der Waals surface area contributed by atoms with Gasteiger partial charge in [-0.25, -0.2) is 0 Å². The molecule has 0 saturated carbocycles. The molecule has 1 heterocycles. The van der Waals surface area contributed by atoms with Gasteiger partial charge in [0, 0.05) is 37.8 Å². The average molecular weight is 360 g/mol. The number of nitrogens with zero attached hydrogens (tertiary/aromatic N) is 2. The van der Waals surface area contributed by atoms with Gasteiger partial charge in [-0.3, -0.25) is 29.4 Å². The highest BCUT2D eigenvalue weighted by molar-refractivity contribution is 6.22. The third-order valence-electron chi connectivity index (χ3n) is 4.50. The topological polar surface area (TPSA) is 113 Å². The number of imide groups is 2. The largest absolute Gasteiger partial charge is 0.371 e. The van der Waals surface area contributed by atoms with E-state index in [2.05, 4.69) is 0 Å². The van der Waals surface area contributed by atoms with Crippen LogP contribution in [-0.2, 0) is 9.59 Å². The fourth-order valence-electron chi connectivity index (χ4n) is 3.08. The van der Waals surface area contributed by atoms with Crippen molar-refractivity contribution in [1.29, 1.82) is 0 Å². The van der Waals surface area contributed by atoms with Crippen molar-refractivity contribution in [2.45, 2.75) is 32.7 Å². The van der Waals surface area contributed by atoms with Crippen LogP contribution in [0.4, 0.5) is 5.69 Å². The van der Waals surface area contributed by atoms with Gasteiger partial charge in [0.25, 0.3) is 11.8 Å². The summed E-state index contributed by atoms with van der Waals surface area (Å²) in [5, 5.41) is 2.05. The lowest BCUT2D eigenvalue weighted by Crippen LogP contribution is -2.38. The molecule has 26 heavy (non-hydrogen) atoms. The summed E-state index contributed by atoms with van der Waals surface area (Å²) in [5.41, 5.74) is 7.20. The number of fused-ring (bicyclic) bond motifs is 1. The number of carbonyl (C=O) groups is 4. The molecule has 8 nitrogen and oxygen atoms in total. The van der Waals surface area contributed by atoms with Crippen LogP contribution >= 0.6 is 0 Å². The number of hydrogen-bond acceptors (Lipinski definition) is 6. The fraction of sp³-hybridized carbons (Fsp3) is 0.444. The van der Waals surface area contributed by atoms with E-state index in [4.69, 9.17) is 5.73 Å². The van der Waals surface area contributed by atoms with Gasteiger partial charge in [0.2, 0.25) is 12.3 Å². The van der Waals surface area contributed by atoms with Gasteiger partial charge in [-0.15, -0.1) is 0 Å². The molecule has 4 amide bonds. The molecule has 1 aromatic rings. The van der Waals surface area contributed by atoms with Gasteiger partial charge >= 0.3 is 0 Å². The molecule has 8 heteroatoms. The number of amides is 4. The highest BCUT2D eigenvalue weighted by atomic mass is 16.2. The molecule has 0 aliphatic carbocycles. The normalized spacial score (nSPS) is 14.2. The van der Waals surface area contributed by atoms with Gasteiger partial charge < -0.3 is 10.6 Å². The molecule has 1 unspecified atom stereocenters. The molecule has 2 rings (SSSR count). The van der Waals surface area contributed by atoms with Crippen LogP contribution in [0.1, 0.15) is 47.4 Å². The molecule has 0 spiro atoms. The predicted octanol–water partition coefficient (Wildman–Crippen LogP) is 0.509. The number of benzene rings is 1. The van der Waals surface area contributed by atoms with Crippen molar-refractivity contribution in [2.75, 3.05) is 24.5 Å². The zero-order valence-corrected chi connectivity index (χ0v) is 15.0. The molecule has 1 aromatic carbocycles. The Morgan fingerprint density at radius 1 is 1.31 bits per heavy atom. The van der Waals surface area contributed by atoms with Gasteiger partial charge in [-0.05, 0) is 38.5 Å². The van der Waals surface area contributed by atoms with Crippen molar-refractivity contribution in [3.63, 3.8) is 0 Å². The monoisotopic (exact) mass is 360 g/mol. The third-order valence-corrected chi connectivity index (χ3v) is 4.50. The van der Waals surface area contributed by atoms with E-state index in [0.29, 0.717) is 30.6 Å². The average Bonchev–Trinajstić information content (AvgIpc) is 2.88. The lowest BCUT2D eigenvalue weighted by Gasteiger charge is -2.23. The standard InChI is InChI=1S/C18H24N4O4/c1-3-21(9-8-19)13-5-6-14-15(10-13)18(26)22(17(14)25)12(2)4-7-16(24)20-11-23/h5-6,10-12H,3-4,7-9,19H2,1-2H3,(H,20,23,24). The first kappa shape index (κ1) is 19.6. The predicted molar refractivity (Wildman–Crippen MR) is 96.8 cm³/mol. The summed E-state index contributed by atoms with van der Waals surface area (Å²) in [6, 6.07) is 4.75. The summed E-state index contributed by atoms with van der Waals surface area (Å²) < 4.78 is 0. The van der Waals surface area contributed by atoms with Crippen molar-refractivity contribution >= 4 is 29.8 Å². The van der Waals surface area contributed by atoms with E-state index in [1.54, 1.807) is 19.1 Å². The Hall–Kier alpha value is -2.74. The molecule has 0 aromatic heterocycles. The second-order valence-corrected chi connectivity index (χ2v) is 6.15. The Morgan fingerprint density at radius 2 is 2.00 bits per heavy atom. The minimum Gasteiger partial charge on any atom is -0.371 e. The van der Waals surface area contributed by atoms with Crippen LogP contribution in [0.5, 0.6) is 0 Å². The van der Waals surface area contributed by atoms with E-state index in [0.717, 1.165) is 12.2 Å². The molecule has 0 fully saturated rings. The van der Waals surface area contributed by atoms with Gasteiger partial charge in [-0.1, -0.05) is 0 Å². The van der Waals surface area contributed by atoms with Crippen LogP contribution in [0.3, 0.4) is 0 Å². The zero-order valence-electron chi connectivity index (χ0n) is 15.0. The number of hydrogen-bond donors (Lipinski definition) is 2. The van der Waals surface area contributed by atoms with Gasteiger partial charge in [0.05, 0.1) is 11.1 Å².